The molecule has 6 heteroatoms. The monoisotopic (exact) mass is 307 g/mol. The van der Waals surface area contributed by atoms with Crippen LogP contribution in [0, 0.1) is 0 Å². The zero-order valence-electron chi connectivity index (χ0n) is 12.8. The first-order valence-electron chi connectivity index (χ1n) is 7.34. The minimum absolute atomic E-state index is 0.0535. The van der Waals surface area contributed by atoms with Gasteiger partial charge < -0.3 is 19.5 Å². The molecular formula is C16H21NO5. The van der Waals surface area contributed by atoms with Gasteiger partial charge in [0, 0.05) is 6.54 Å². The number of amides is 1. The molecular weight excluding hydrogens is 286 g/mol. The smallest absolute Gasteiger partial charge is 0.334 e. The highest BCUT2D eigenvalue weighted by atomic mass is 16.5. The largest absolute Gasteiger partial charge is 0.497 e. The van der Waals surface area contributed by atoms with Gasteiger partial charge in [0.25, 0.3) is 0 Å². The molecule has 1 aromatic rings. The molecule has 0 bridgehead atoms. The lowest BCUT2D eigenvalue weighted by Crippen LogP contribution is -2.49. The highest BCUT2D eigenvalue weighted by Crippen LogP contribution is 2.25. The minimum Gasteiger partial charge on any atom is -0.497 e. The minimum atomic E-state index is -1.03. The van der Waals surface area contributed by atoms with E-state index in [1.165, 1.54) is 0 Å². The van der Waals surface area contributed by atoms with Crippen molar-refractivity contribution in [3.63, 3.8) is 0 Å². The lowest BCUT2D eigenvalue weighted by Gasteiger charge is -2.33. The number of rotatable bonds is 5. The molecule has 2 rings (SSSR count). The third kappa shape index (κ3) is 3.57. The van der Waals surface area contributed by atoms with Crippen molar-refractivity contribution in [3.05, 3.63) is 29.8 Å². The number of methoxy groups -OCH3 is 1. The summed E-state index contributed by atoms with van der Waals surface area (Å²) in [5.41, 5.74) is 0.909. The van der Waals surface area contributed by atoms with E-state index in [2.05, 4.69) is 0 Å². The van der Waals surface area contributed by atoms with Gasteiger partial charge in [-0.15, -0.1) is 0 Å². The number of morpholine rings is 1. The number of carbonyl (C=O) groups excluding carboxylic acids is 1. The van der Waals surface area contributed by atoms with Gasteiger partial charge in [0.05, 0.1) is 26.2 Å². The molecule has 0 saturated carbocycles. The van der Waals surface area contributed by atoms with Crippen LogP contribution in [-0.2, 0) is 14.3 Å². The zero-order chi connectivity index (χ0) is 16.1. The van der Waals surface area contributed by atoms with Gasteiger partial charge in [-0.1, -0.05) is 19.1 Å². The van der Waals surface area contributed by atoms with E-state index >= 15 is 0 Å². The molecule has 2 unspecified atom stereocenters. The van der Waals surface area contributed by atoms with Crippen LogP contribution >= 0.6 is 0 Å². The van der Waals surface area contributed by atoms with Gasteiger partial charge in [-0.05, 0) is 24.1 Å². The molecule has 120 valence electrons. The summed E-state index contributed by atoms with van der Waals surface area (Å²) in [7, 11) is 1.59. The van der Waals surface area contributed by atoms with Crippen LogP contribution in [0.1, 0.15) is 24.8 Å². The summed E-state index contributed by atoms with van der Waals surface area (Å²) in [4.78, 5) is 25.3. The Morgan fingerprint density at radius 3 is 2.64 bits per heavy atom. The number of hydrogen-bond donors (Lipinski definition) is 1. The maximum absolute atomic E-state index is 12.7. The molecule has 2 atom stereocenters. The van der Waals surface area contributed by atoms with E-state index < -0.39 is 12.1 Å². The SMILES string of the molecule is CCC(C(=O)N1CCOC(C(=O)O)C1)c1ccc(OC)cc1. The van der Waals surface area contributed by atoms with E-state index in [9.17, 15) is 9.59 Å². The number of hydrogen-bond acceptors (Lipinski definition) is 4. The summed E-state index contributed by atoms with van der Waals surface area (Å²) in [5.74, 6) is -0.626. The molecule has 0 aromatic heterocycles. The molecule has 6 nitrogen and oxygen atoms in total. The van der Waals surface area contributed by atoms with Crippen molar-refractivity contribution < 1.29 is 24.2 Å². The summed E-state index contributed by atoms with van der Waals surface area (Å²) < 4.78 is 10.3. The molecule has 0 aliphatic carbocycles. The zero-order valence-corrected chi connectivity index (χ0v) is 12.8. The van der Waals surface area contributed by atoms with Crippen LogP contribution in [0.15, 0.2) is 24.3 Å². The van der Waals surface area contributed by atoms with Crippen molar-refractivity contribution >= 4 is 11.9 Å². The van der Waals surface area contributed by atoms with Crippen LogP contribution in [0.3, 0.4) is 0 Å². The standard InChI is InChI=1S/C16H21NO5/c1-3-13(11-4-6-12(21-2)7-5-11)15(18)17-8-9-22-14(10-17)16(19)20/h4-7,13-14H,3,8-10H2,1-2H3,(H,19,20). The number of carboxylic acids is 1. The average molecular weight is 307 g/mol. The van der Waals surface area contributed by atoms with Crippen molar-refractivity contribution in [1.82, 2.24) is 4.90 Å². The van der Waals surface area contributed by atoms with Crippen molar-refractivity contribution in [3.8, 4) is 5.75 Å². The fourth-order valence-electron chi connectivity index (χ4n) is 2.61. The van der Waals surface area contributed by atoms with E-state index in [1.54, 1.807) is 12.0 Å². The van der Waals surface area contributed by atoms with Crippen molar-refractivity contribution in [2.45, 2.75) is 25.4 Å². The first-order valence-corrected chi connectivity index (χ1v) is 7.34. The van der Waals surface area contributed by atoms with Crippen molar-refractivity contribution in [2.75, 3.05) is 26.8 Å². The molecule has 0 radical (unpaired) electrons. The number of ether oxygens (including phenoxy) is 2. The maximum atomic E-state index is 12.7. The van der Waals surface area contributed by atoms with E-state index in [1.807, 2.05) is 31.2 Å². The highest BCUT2D eigenvalue weighted by molar-refractivity contribution is 5.84. The summed E-state index contributed by atoms with van der Waals surface area (Å²) in [6, 6.07) is 7.40. The molecule has 0 spiro atoms. The van der Waals surface area contributed by atoms with E-state index in [4.69, 9.17) is 14.6 Å². The van der Waals surface area contributed by atoms with Gasteiger partial charge >= 0.3 is 5.97 Å². The third-order valence-corrected chi connectivity index (χ3v) is 3.88. The number of benzene rings is 1. The van der Waals surface area contributed by atoms with Gasteiger partial charge in [0.1, 0.15) is 5.75 Å². The Kier molecular flexibility index (Phi) is 5.38. The third-order valence-electron chi connectivity index (χ3n) is 3.88. The predicted molar refractivity (Wildman–Crippen MR) is 80.0 cm³/mol. The molecule has 1 heterocycles. The van der Waals surface area contributed by atoms with Crippen LogP contribution in [0.25, 0.3) is 0 Å². The van der Waals surface area contributed by atoms with Crippen LogP contribution < -0.4 is 4.74 Å². The summed E-state index contributed by atoms with van der Waals surface area (Å²) in [6.07, 6.45) is -0.286. The first kappa shape index (κ1) is 16.3. The van der Waals surface area contributed by atoms with Gasteiger partial charge in [-0.2, -0.15) is 0 Å². The predicted octanol–water partition coefficient (Wildman–Crippen LogP) is 1.50. The Bertz CT molecular complexity index is 528. The molecule has 1 fully saturated rings. The lowest BCUT2D eigenvalue weighted by atomic mass is 9.94. The van der Waals surface area contributed by atoms with Crippen molar-refractivity contribution in [1.29, 1.82) is 0 Å². The molecule has 1 aliphatic heterocycles. The Morgan fingerprint density at radius 2 is 2.09 bits per heavy atom. The normalized spacial score (nSPS) is 19.5. The Morgan fingerprint density at radius 1 is 1.41 bits per heavy atom. The Balaban J connectivity index is 2.12. The molecule has 1 aliphatic rings. The Labute approximate surface area is 129 Å². The number of aliphatic carboxylic acids is 1. The van der Waals surface area contributed by atoms with E-state index in [0.717, 1.165) is 11.3 Å². The molecule has 1 saturated heterocycles. The van der Waals surface area contributed by atoms with E-state index in [0.29, 0.717) is 13.0 Å². The summed E-state index contributed by atoms with van der Waals surface area (Å²) >= 11 is 0. The summed E-state index contributed by atoms with van der Waals surface area (Å²) in [5, 5.41) is 9.03. The number of nitrogens with zero attached hydrogens (tertiary/aromatic N) is 1. The highest BCUT2D eigenvalue weighted by Gasteiger charge is 2.32. The second kappa shape index (κ2) is 7.26. The maximum Gasteiger partial charge on any atom is 0.334 e. The first-order chi connectivity index (χ1) is 10.6. The van der Waals surface area contributed by atoms with Crippen molar-refractivity contribution in [2.24, 2.45) is 0 Å². The van der Waals surface area contributed by atoms with Gasteiger partial charge in [-0.25, -0.2) is 4.79 Å². The van der Waals surface area contributed by atoms with Gasteiger partial charge in [0.15, 0.2) is 6.10 Å². The molecule has 22 heavy (non-hydrogen) atoms. The molecule has 1 amide bonds. The van der Waals surface area contributed by atoms with Crippen LogP contribution in [-0.4, -0.2) is 54.8 Å². The second-order valence-corrected chi connectivity index (χ2v) is 5.22. The molecule has 1 N–H and O–H groups in total. The van der Waals surface area contributed by atoms with Crippen LogP contribution in [0.4, 0.5) is 0 Å². The van der Waals surface area contributed by atoms with E-state index in [-0.39, 0.29) is 25.0 Å². The van der Waals surface area contributed by atoms with Gasteiger partial charge in [0.2, 0.25) is 5.91 Å². The number of carbonyl (C=O) groups is 2. The second-order valence-electron chi connectivity index (χ2n) is 5.22. The van der Waals surface area contributed by atoms with Crippen LogP contribution in [0.5, 0.6) is 5.75 Å². The number of carboxylic acid groups (broad SMARTS) is 1. The summed E-state index contributed by atoms with van der Waals surface area (Å²) in [6.45, 7) is 2.72. The quantitative estimate of drug-likeness (QED) is 0.892. The fourth-order valence-corrected chi connectivity index (χ4v) is 2.61. The Hall–Kier alpha value is -2.08. The fraction of sp³-hybridized carbons (Fsp3) is 0.500. The van der Waals surface area contributed by atoms with Crippen LogP contribution in [0.2, 0.25) is 0 Å². The average Bonchev–Trinajstić information content (AvgIpc) is 2.56. The lowest BCUT2D eigenvalue weighted by molar-refractivity contribution is -0.159. The molecule has 1 aromatic carbocycles. The topological polar surface area (TPSA) is 76.1 Å². The van der Waals surface area contributed by atoms with Gasteiger partial charge in [-0.3, -0.25) is 4.79 Å².